The van der Waals surface area contributed by atoms with Crippen LogP contribution in [0.5, 0.6) is 0 Å². The lowest BCUT2D eigenvalue weighted by atomic mass is 10.1. The first-order chi connectivity index (χ1) is 13.6. The number of aryl methyl sites for hydroxylation is 1. The molecule has 0 amide bonds. The molecule has 0 saturated carbocycles. The Morgan fingerprint density at radius 2 is 1.89 bits per heavy atom. The molecule has 0 N–H and O–H groups in total. The molecule has 0 atom stereocenters. The van der Waals surface area contributed by atoms with Crippen molar-refractivity contribution in [2.24, 2.45) is 0 Å². The third kappa shape index (κ3) is 2.50. The quantitative estimate of drug-likeness (QED) is 0.324. The second-order valence-corrected chi connectivity index (χ2v) is 6.91. The van der Waals surface area contributed by atoms with Crippen molar-refractivity contribution in [1.82, 2.24) is 19.8 Å². The van der Waals surface area contributed by atoms with Gasteiger partial charge in [0.05, 0.1) is 22.3 Å². The summed E-state index contributed by atoms with van der Waals surface area (Å²) in [6.45, 7) is 1.84. The Morgan fingerprint density at radius 3 is 2.68 bits per heavy atom. The van der Waals surface area contributed by atoms with E-state index in [2.05, 4.69) is 15.3 Å². The molecule has 0 bridgehead atoms. The number of benzene rings is 1. The number of nitro groups is 1. The van der Waals surface area contributed by atoms with Crippen LogP contribution in [0.4, 0.5) is 5.69 Å². The van der Waals surface area contributed by atoms with Crippen molar-refractivity contribution < 1.29 is 13.8 Å². The van der Waals surface area contributed by atoms with E-state index in [0.717, 1.165) is 11.3 Å². The lowest BCUT2D eigenvalue weighted by molar-refractivity contribution is -0.384. The van der Waals surface area contributed by atoms with Gasteiger partial charge in [-0.3, -0.25) is 10.1 Å². The van der Waals surface area contributed by atoms with Gasteiger partial charge in [0, 0.05) is 6.07 Å². The van der Waals surface area contributed by atoms with Crippen molar-refractivity contribution in [3.8, 4) is 33.5 Å². The van der Waals surface area contributed by atoms with Gasteiger partial charge in [0.25, 0.3) is 5.69 Å². The summed E-state index contributed by atoms with van der Waals surface area (Å²) in [5.41, 5.74) is 1.21. The predicted molar refractivity (Wildman–Crippen MR) is 101 cm³/mol. The third-order valence-corrected chi connectivity index (χ3v) is 5.19. The fourth-order valence-electron chi connectivity index (χ4n) is 2.94. The molecular weight excluding hydrogens is 382 g/mol. The van der Waals surface area contributed by atoms with Gasteiger partial charge in [0.1, 0.15) is 11.5 Å². The molecule has 0 unspecified atom stereocenters. The van der Waals surface area contributed by atoms with E-state index in [1.807, 2.05) is 13.0 Å². The van der Waals surface area contributed by atoms with Crippen molar-refractivity contribution in [3.05, 3.63) is 64.6 Å². The van der Waals surface area contributed by atoms with Crippen LogP contribution < -0.4 is 0 Å². The summed E-state index contributed by atoms with van der Waals surface area (Å²) in [6, 6.07) is 11.7. The fraction of sp³-hybridized carbons (Fsp3) is 0.0556. The van der Waals surface area contributed by atoms with Crippen LogP contribution >= 0.6 is 11.3 Å². The molecule has 4 heterocycles. The summed E-state index contributed by atoms with van der Waals surface area (Å²) in [5.74, 6) is 2.20. The van der Waals surface area contributed by atoms with Gasteiger partial charge < -0.3 is 8.83 Å². The first-order valence-electron chi connectivity index (χ1n) is 8.22. The maximum atomic E-state index is 11.3. The minimum atomic E-state index is -0.430. The van der Waals surface area contributed by atoms with Gasteiger partial charge in [0.2, 0.25) is 4.96 Å². The van der Waals surface area contributed by atoms with Crippen LogP contribution in [0.1, 0.15) is 5.76 Å². The van der Waals surface area contributed by atoms with Crippen LogP contribution in [0, 0.1) is 17.0 Å². The van der Waals surface area contributed by atoms with Gasteiger partial charge in [-0.1, -0.05) is 23.5 Å². The fourth-order valence-corrected chi connectivity index (χ4v) is 3.74. The lowest BCUT2D eigenvalue weighted by Gasteiger charge is -1.98. The summed E-state index contributed by atoms with van der Waals surface area (Å²) in [6.07, 6.45) is 1.59. The molecule has 138 valence electrons. The summed E-state index contributed by atoms with van der Waals surface area (Å²) in [7, 11) is 0. The number of nitrogens with zero attached hydrogens (tertiary/aromatic N) is 5. The van der Waals surface area contributed by atoms with Crippen LogP contribution in [-0.2, 0) is 0 Å². The Balaban J connectivity index is 1.57. The lowest BCUT2D eigenvalue weighted by Crippen LogP contribution is -1.91. The summed E-state index contributed by atoms with van der Waals surface area (Å²) in [5, 5.41) is 24.7. The molecule has 0 aliphatic carbocycles. The molecule has 5 aromatic rings. The van der Waals surface area contributed by atoms with Crippen molar-refractivity contribution in [3.63, 3.8) is 0 Å². The predicted octanol–water partition coefficient (Wildman–Crippen LogP) is 4.59. The highest BCUT2D eigenvalue weighted by Crippen LogP contribution is 2.35. The highest BCUT2D eigenvalue weighted by molar-refractivity contribution is 7.19. The first-order valence-corrected chi connectivity index (χ1v) is 9.04. The minimum Gasteiger partial charge on any atom is -0.469 e. The van der Waals surface area contributed by atoms with E-state index in [9.17, 15) is 10.1 Å². The normalized spacial score (nSPS) is 11.3. The standard InChI is InChI=1S/C18H11N5O4S/c1-10-11(8-9-26-10)16-19-20-18-22(16)21-17(28-18)15-7-6-14(27-15)12-4-2-3-5-13(12)23(24)25/h2-9H,1H3. The largest absolute Gasteiger partial charge is 0.469 e. The van der Waals surface area contributed by atoms with Gasteiger partial charge in [-0.05, 0) is 31.2 Å². The third-order valence-electron chi connectivity index (χ3n) is 4.27. The van der Waals surface area contributed by atoms with Crippen molar-refractivity contribution >= 4 is 22.0 Å². The van der Waals surface area contributed by atoms with Gasteiger partial charge in [-0.15, -0.1) is 15.3 Å². The Morgan fingerprint density at radius 1 is 1.07 bits per heavy atom. The average molecular weight is 393 g/mol. The molecule has 4 aromatic heterocycles. The zero-order chi connectivity index (χ0) is 19.3. The van der Waals surface area contributed by atoms with E-state index in [0.29, 0.717) is 32.9 Å². The average Bonchev–Trinajstić information content (AvgIpc) is 3.45. The van der Waals surface area contributed by atoms with Gasteiger partial charge in [-0.2, -0.15) is 4.52 Å². The molecule has 9 nitrogen and oxygen atoms in total. The highest BCUT2D eigenvalue weighted by Gasteiger charge is 2.21. The Bertz CT molecular complexity index is 1330. The van der Waals surface area contributed by atoms with Crippen molar-refractivity contribution in [2.75, 3.05) is 0 Å². The van der Waals surface area contributed by atoms with E-state index >= 15 is 0 Å². The number of hydrogen-bond donors (Lipinski definition) is 0. The zero-order valence-electron chi connectivity index (χ0n) is 14.4. The van der Waals surface area contributed by atoms with E-state index in [1.165, 1.54) is 17.4 Å². The molecule has 0 saturated heterocycles. The Hall–Kier alpha value is -3.79. The first kappa shape index (κ1) is 16.4. The zero-order valence-corrected chi connectivity index (χ0v) is 15.2. The van der Waals surface area contributed by atoms with E-state index in [1.54, 1.807) is 41.1 Å². The maximum Gasteiger partial charge on any atom is 0.280 e. The van der Waals surface area contributed by atoms with Gasteiger partial charge in [0.15, 0.2) is 16.6 Å². The Kier molecular flexibility index (Phi) is 3.59. The Labute approximate surface area is 161 Å². The summed E-state index contributed by atoms with van der Waals surface area (Å²) < 4.78 is 12.8. The number of hydrogen-bond acceptors (Lipinski definition) is 8. The number of furan rings is 2. The molecule has 10 heteroatoms. The molecule has 0 fully saturated rings. The van der Waals surface area contributed by atoms with Crippen molar-refractivity contribution in [2.45, 2.75) is 6.92 Å². The number of para-hydroxylation sites is 1. The number of fused-ring (bicyclic) bond motifs is 1. The molecule has 0 radical (unpaired) electrons. The van der Waals surface area contributed by atoms with Crippen molar-refractivity contribution in [1.29, 1.82) is 0 Å². The van der Waals surface area contributed by atoms with Crippen LogP contribution in [0.2, 0.25) is 0 Å². The van der Waals surface area contributed by atoms with Gasteiger partial charge >= 0.3 is 0 Å². The second kappa shape index (κ2) is 6.13. The molecule has 0 spiro atoms. The second-order valence-electron chi connectivity index (χ2n) is 5.95. The molecule has 28 heavy (non-hydrogen) atoms. The number of aromatic nitrogens is 4. The highest BCUT2D eigenvalue weighted by atomic mass is 32.1. The minimum absolute atomic E-state index is 0.0146. The maximum absolute atomic E-state index is 11.3. The monoisotopic (exact) mass is 393 g/mol. The van der Waals surface area contributed by atoms with Crippen LogP contribution in [0.25, 0.3) is 38.4 Å². The summed E-state index contributed by atoms with van der Waals surface area (Å²) >= 11 is 1.31. The van der Waals surface area contributed by atoms with E-state index in [4.69, 9.17) is 8.83 Å². The van der Waals surface area contributed by atoms with Crippen LogP contribution in [-0.4, -0.2) is 24.7 Å². The summed E-state index contributed by atoms with van der Waals surface area (Å²) in [4.78, 5) is 11.4. The van der Waals surface area contributed by atoms with E-state index in [-0.39, 0.29) is 5.69 Å². The molecular formula is C18H11N5O4S. The molecule has 0 aliphatic heterocycles. The smallest absolute Gasteiger partial charge is 0.280 e. The molecule has 0 aliphatic rings. The number of rotatable bonds is 4. The topological polar surface area (TPSA) is 112 Å². The molecule has 5 rings (SSSR count). The number of nitro benzene ring substituents is 1. The SMILES string of the molecule is Cc1occc1-c1nnc2sc(-c3ccc(-c4ccccc4[N+](=O)[O-])o3)nn12. The van der Waals surface area contributed by atoms with E-state index < -0.39 is 4.92 Å². The van der Waals surface area contributed by atoms with Gasteiger partial charge in [-0.25, -0.2) is 0 Å². The molecule has 1 aromatic carbocycles. The van der Waals surface area contributed by atoms with Crippen LogP contribution in [0.15, 0.2) is 57.6 Å². The van der Waals surface area contributed by atoms with Crippen LogP contribution in [0.3, 0.4) is 0 Å².